The number of hydrogen-bond donors (Lipinski definition) is 0. The fourth-order valence-corrected chi connectivity index (χ4v) is 2.83. The molecule has 122 valence electrons. The summed E-state index contributed by atoms with van der Waals surface area (Å²) in [4.78, 5) is 13.8. The van der Waals surface area contributed by atoms with Gasteiger partial charge in [0.1, 0.15) is 0 Å². The van der Waals surface area contributed by atoms with Crippen molar-refractivity contribution in [2.24, 2.45) is 0 Å². The Morgan fingerprint density at radius 1 is 0.750 bits per heavy atom. The second kappa shape index (κ2) is 6.91. The molecular weight excluding hydrogens is 294 g/mol. The first-order valence-electron chi connectivity index (χ1n) is 8.51. The van der Waals surface area contributed by atoms with Gasteiger partial charge in [-0.3, -0.25) is 9.97 Å². The Kier molecular flexibility index (Phi) is 4.70. The van der Waals surface area contributed by atoms with Crippen molar-refractivity contribution in [2.45, 2.75) is 39.0 Å². The van der Waals surface area contributed by atoms with Crippen molar-refractivity contribution in [1.29, 1.82) is 0 Å². The molecule has 0 fully saturated rings. The van der Waals surface area contributed by atoms with E-state index in [1.807, 2.05) is 48.8 Å². The highest BCUT2D eigenvalue weighted by Crippen LogP contribution is 2.34. The summed E-state index contributed by atoms with van der Waals surface area (Å²) in [6.45, 7) is 6.79. The third-order valence-corrected chi connectivity index (χ3v) is 4.94. The molecule has 3 aromatic rings. The van der Waals surface area contributed by atoms with Crippen molar-refractivity contribution in [3.8, 4) is 22.8 Å². The van der Waals surface area contributed by atoms with E-state index in [1.165, 1.54) is 5.56 Å². The Labute approximate surface area is 143 Å². The van der Waals surface area contributed by atoms with E-state index < -0.39 is 0 Å². The molecule has 0 spiro atoms. The first-order valence-corrected chi connectivity index (χ1v) is 8.51. The Balaban J connectivity index is 2.20. The van der Waals surface area contributed by atoms with E-state index in [2.05, 4.69) is 42.9 Å². The summed E-state index contributed by atoms with van der Waals surface area (Å²) >= 11 is 0. The predicted molar refractivity (Wildman–Crippen MR) is 98.6 cm³/mol. The average molecular weight is 317 g/mol. The molecule has 0 aliphatic carbocycles. The maximum Gasteiger partial charge on any atom is 0.0897 e. The van der Waals surface area contributed by atoms with Gasteiger partial charge in [-0.25, -0.2) is 4.98 Å². The highest BCUT2D eigenvalue weighted by molar-refractivity contribution is 5.64. The van der Waals surface area contributed by atoms with Crippen LogP contribution in [0.2, 0.25) is 0 Å². The van der Waals surface area contributed by atoms with E-state index in [-0.39, 0.29) is 5.41 Å². The molecule has 0 amide bonds. The summed E-state index contributed by atoms with van der Waals surface area (Å²) in [5, 5.41) is 0. The minimum Gasteiger partial charge on any atom is -0.255 e. The second-order valence-electron chi connectivity index (χ2n) is 6.32. The number of aromatic nitrogens is 3. The molecule has 3 rings (SSSR count). The van der Waals surface area contributed by atoms with Crippen molar-refractivity contribution in [3.63, 3.8) is 0 Å². The molecule has 0 aromatic carbocycles. The molecule has 0 aliphatic rings. The van der Waals surface area contributed by atoms with Crippen LogP contribution in [0.1, 0.15) is 39.2 Å². The fraction of sp³-hybridized carbons (Fsp3) is 0.286. The van der Waals surface area contributed by atoms with Crippen LogP contribution in [0.25, 0.3) is 22.8 Å². The van der Waals surface area contributed by atoms with Crippen molar-refractivity contribution in [1.82, 2.24) is 15.0 Å². The maximum atomic E-state index is 4.83. The Bertz CT molecular complexity index is 736. The summed E-state index contributed by atoms with van der Waals surface area (Å²) in [6, 6.07) is 16.2. The van der Waals surface area contributed by atoms with Gasteiger partial charge < -0.3 is 0 Å². The highest BCUT2D eigenvalue weighted by Gasteiger charge is 2.24. The SMILES string of the molecule is CCC(C)(CC)c1cc(-c2ccccn2)nc(-c2ccccn2)c1. The molecule has 0 unspecified atom stereocenters. The lowest BCUT2D eigenvalue weighted by molar-refractivity contribution is 0.439. The van der Waals surface area contributed by atoms with Gasteiger partial charge in [-0.2, -0.15) is 0 Å². The number of nitrogens with zero attached hydrogens (tertiary/aromatic N) is 3. The van der Waals surface area contributed by atoms with Crippen LogP contribution in [-0.4, -0.2) is 15.0 Å². The molecule has 24 heavy (non-hydrogen) atoms. The van der Waals surface area contributed by atoms with Gasteiger partial charge >= 0.3 is 0 Å². The smallest absolute Gasteiger partial charge is 0.0897 e. The third kappa shape index (κ3) is 3.21. The first kappa shape index (κ1) is 16.3. The monoisotopic (exact) mass is 317 g/mol. The molecular formula is C21H23N3. The van der Waals surface area contributed by atoms with E-state index in [1.54, 1.807) is 0 Å². The maximum absolute atomic E-state index is 4.83. The van der Waals surface area contributed by atoms with Crippen molar-refractivity contribution < 1.29 is 0 Å². The molecule has 0 saturated heterocycles. The van der Waals surface area contributed by atoms with Crippen LogP contribution in [0.4, 0.5) is 0 Å². The van der Waals surface area contributed by atoms with Crippen LogP contribution in [-0.2, 0) is 5.41 Å². The van der Waals surface area contributed by atoms with E-state index >= 15 is 0 Å². The molecule has 0 aliphatic heterocycles. The predicted octanol–water partition coefficient (Wildman–Crippen LogP) is 5.28. The van der Waals surface area contributed by atoms with Gasteiger partial charge in [0.05, 0.1) is 22.8 Å². The molecule has 0 saturated carbocycles. The van der Waals surface area contributed by atoms with E-state index in [9.17, 15) is 0 Å². The Morgan fingerprint density at radius 3 is 1.62 bits per heavy atom. The van der Waals surface area contributed by atoms with Crippen molar-refractivity contribution in [2.75, 3.05) is 0 Å². The number of pyridine rings is 3. The summed E-state index contributed by atoms with van der Waals surface area (Å²) < 4.78 is 0. The van der Waals surface area contributed by atoms with Gasteiger partial charge in [-0.05, 0) is 60.2 Å². The number of hydrogen-bond acceptors (Lipinski definition) is 3. The van der Waals surface area contributed by atoms with Gasteiger partial charge in [-0.15, -0.1) is 0 Å². The largest absolute Gasteiger partial charge is 0.255 e. The quantitative estimate of drug-likeness (QED) is 0.642. The first-order chi connectivity index (χ1) is 11.7. The molecule has 3 heterocycles. The van der Waals surface area contributed by atoms with Crippen LogP contribution in [0.3, 0.4) is 0 Å². The second-order valence-corrected chi connectivity index (χ2v) is 6.32. The Hall–Kier alpha value is -2.55. The minimum absolute atomic E-state index is 0.121. The van der Waals surface area contributed by atoms with Gasteiger partial charge in [0.2, 0.25) is 0 Å². The normalized spacial score (nSPS) is 11.5. The standard InChI is InChI=1S/C21H23N3/c1-4-21(3,5-2)16-14-19(17-10-6-8-12-22-17)24-20(15-16)18-11-7-9-13-23-18/h6-15H,4-5H2,1-3H3. The van der Waals surface area contributed by atoms with Gasteiger partial charge in [0.25, 0.3) is 0 Å². The zero-order chi connectivity index (χ0) is 17.0. The minimum atomic E-state index is 0.121. The number of rotatable bonds is 5. The lowest BCUT2D eigenvalue weighted by Gasteiger charge is -2.28. The van der Waals surface area contributed by atoms with Crippen LogP contribution in [0.15, 0.2) is 60.9 Å². The van der Waals surface area contributed by atoms with Crippen molar-refractivity contribution >= 4 is 0 Å². The summed E-state index contributed by atoms with van der Waals surface area (Å²) in [5.74, 6) is 0. The molecule has 3 heteroatoms. The van der Waals surface area contributed by atoms with Crippen LogP contribution < -0.4 is 0 Å². The van der Waals surface area contributed by atoms with Gasteiger partial charge in [0, 0.05) is 12.4 Å². The van der Waals surface area contributed by atoms with Gasteiger partial charge in [-0.1, -0.05) is 32.9 Å². The van der Waals surface area contributed by atoms with Crippen LogP contribution in [0.5, 0.6) is 0 Å². The Morgan fingerprint density at radius 2 is 1.25 bits per heavy atom. The molecule has 3 nitrogen and oxygen atoms in total. The van der Waals surface area contributed by atoms with Crippen LogP contribution >= 0.6 is 0 Å². The fourth-order valence-electron chi connectivity index (χ4n) is 2.83. The molecule has 0 radical (unpaired) electrons. The molecule has 3 aromatic heterocycles. The lowest BCUT2D eigenvalue weighted by atomic mass is 9.77. The highest BCUT2D eigenvalue weighted by atomic mass is 14.8. The topological polar surface area (TPSA) is 38.7 Å². The zero-order valence-electron chi connectivity index (χ0n) is 14.5. The third-order valence-electron chi connectivity index (χ3n) is 4.94. The van der Waals surface area contributed by atoms with Crippen LogP contribution in [0, 0.1) is 0 Å². The lowest BCUT2D eigenvalue weighted by Crippen LogP contribution is -2.20. The molecule has 0 atom stereocenters. The van der Waals surface area contributed by atoms with Crippen molar-refractivity contribution in [3.05, 3.63) is 66.5 Å². The average Bonchev–Trinajstić information content (AvgIpc) is 2.68. The molecule has 0 N–H and O–H groups in total. The summed E-state index contributed by atoms with van der Waals surface area (Å²) in [6.07, 6.45) is 5.78. The summed E-state index contributed by atoms with van der Waals surface area (Å²) in [5.41, 5.74) is 5.01. The van der Waals surface area contributed by atoms with Gasteiger partial charge in [0.15, 0.2) is 0 Å². The molecule has 0 bridgehead atoms. The van der Waals surface area contributed by atoms with E-state index in [0.717, 1.165) is 35.6 Å². The van der Waals surface area contributed by atoms with E-state index in [4.69, 9.17) is 4.98 Å². The van der Waals surface area contributed by atoms with E-state index in [0.29, 0.717) is 0 Å². The summed E-state index contributed by atoms with van der Waals surface area (Å²) in [7, 11) is 0. The zero-order valence-corrected chi connectivity index (χ0v) is 14.5.